The summed E-state index contributed by atoms with van der Waals surface area (Å²) in [5.41, 5.74) is 4.60. The number of fused-ring (bicyclic) bond motifs is 1. The Morgan fingerprint density at radius 3 is 2.71 bits per heavy atom. The molecule has 2 aromatic carbocycles. The quantitative estimate of drug-likeness (QED) is 0.515. The molecule has 5 nitrogen and oxygen atoms in total. The van der Waals surface area contributed by atoms with Crippen molar-refractivity contribution >= 4 is 51.2 Å². The average Bonchev–Trinajstić information content (AvgIpc) is 2.94. The van der Waals surface area contributed by atoms with Gasteiger partial charge in [0.2, 0.25) is 5.88 Å². The lowest BCUT2D eigenvalue weighted by Gasteiger charge is -2.14. The van der Waals surface area contributed by atoms with E-state index in [1.165, 1.54) is 4.57 Å². The Labute approximate surface area is 174 Å². The summed E-state index contributed by atoms with van der Waals surface area (Å²) in [6.45, 7) is 3.79. The van der Waals surface area contributed by atoms with Gasteiger partial charge in [-0.3, -0.25) is 19.3 Å². The molecule has 2 heterocycles. The minimum absolute atomic E-state index is 0.134. The van der Waals surface area contributed by atoms with Crippen LogP contribution in [0.25, 0.3) is 17.3 Å². The van der Waals surface area contributed by atoms with Gasteiger partial charge in [0.15, 0.2) is 4.77 Å². The second-order valence-electron chi connectivity index (χ2n) is 6.54. The Morgan fingerprint density at radius 2 is 1.96 bits per heavy atom. The normalized spacial score (nSPS) is 14.2. The van der Waals surface area contributed by atoms with E-state index in [1.807, 2.05) is 56.3 Å². The standard InChI is InChI=1S/C21H16BrN3O2S/c1-11-5-3-4-6-18(11)25-20(27)16(19(26)24-21(25)28)10-14-12(2)23-17-8-7-13(22)9-15(14)17/h3-10,27H,1-2H3,(H,24,26,28). The van der Waals surface area contributed by atoms with E-state index in [4.69, 9.17) is 12.2 Å². The Balaban J connectivity index is 1.98. The monoisotopic (exact) mass is 453 g/mol. The van der Waals surface area contributed by atoms with Gasteiger partial charge < -0.3 is 5.11 Å². The lowest BCUT2D eigenvalue weighted by atomic mass is 10.0. The van der Waals surface area contributed by atoms with Crippen LogP contribution in [-0.4, -0.2) is 20.4 Å². The first-order valence-electron chi connectivity index (χ1n) is 8.58. The fourth-order valence-electron chi connectivity index (χ4n) is 3.29. The zero-order chi connectivity index (χ0) is 20.0. The molecule has 0 aliphatic carbocycles. The fraction of sp³-hybridized carbons (Fsp3) is 0.0952. The Hall–Kier alpha value is -2.77. The Bertz CT molecular complexity index is 1300. The molecule has 0 fully saturated rings. The minimum atomic E-state index is -0.448. The van der Waals surface area contributed by atoms with Crippen molar-refractivity contribution in [3.63, 3.8) is 0 Å². The Morgan fingerprint density at radius 1 is 1.21 bits per heavy atom. The highest BCUT2D eigenvalue weighted by Crippen LogP contribution is 2.38. The zero-order valence-electron chi connectivity index (χ0n) is 15.2. The lowest BCUT2D eigenvalue weighted by Crippen LogP contribution is -2.16. The number of nitrogens with zero attached hydrogens (tertiary/aromatic N) is 2. The molecule has 0 bridgehead atoms. The molecule has 0 spiro atoms. The van der Waals surface area contributed by atoms with E-state index in [-0.39, 0.29) is 16.2 Å². The molecule has 0 amide bonds. The number of aliphatic imine (C=N–C) groups is 1. The summed E-state index contributed by atoms with van der Waals surface area (Å²) in [4.78, 5) is 19.8. The van der Waals surface area contributed by atoms with Gasteiger partial charge in [-0.2, -0.15) is 0 Å². The number of rotatable bonds is 2. The molecule has 0 saturated carbocycles. The Kier molecular flexibility index (Phi) is 4.64. The molecule has 2 N–H and O–H groups in total. The van der Waals surface area contributed by atoms with E-state index >= 15 is 0 Å². The highest BCUT2D eigenvalue weighted by Gasteiger charge is 2.21. The van der Waals surface area contributed by atoms with Gasteiger partial charge in [0, 0.05) is 21.3 Å². The van der Waals surface area contributed by atoms with Crippen LogP contribution < -0.4 is 5.56 Å². The number of nitrogens with one attached hydrogen (secondary N) is 1. The van der Waals surface area contributed by atoms with E-state index in [2.05, 4.69) is 25.9 Å². The van der Waals surface area contributed by atoms with Gasteiger partial charge in [-0.1, -0.05) is 34.1 Å². The average molecular weight is 454 g/mol. The number of para-hydroxylation sites is 1. The lowest BCUT2D eigenvalue weighted by molar-refractivity contribution is 0.431. The molecule has 4 rings (SSSR count). The number of aromatic nitrogens is 2. The summed E-state index contributed by atoms with van der Waals surface area (Å²) in [5.74, 6) is -0.202. The molecule has 7 heteroatoms. The first kappa shape index (κ1) is 18.6. The number of aryl methyl sites for hydroxylation is 1. The molecule has 0 atom stereocenters. The number of aromatic hydroxyl groups is 1. The molecule has 1 aromatic heterocycles. The highest BCUT2D eigenvalue weighted by molar-refractivity contribution is 9.10. The first-order chi connectivity index (χ1) is 13.4. The molecule has 0 unspecified atom stereocenters. The number of hydrogen-bond acceptors (Lipinski definition) is 4. The smallest absolute Gasteiger partial charge is 0.262 e. The number of benzene rings is 2. The van der Waals surface area contributed by atoms with Crippen LogP contribution in [0.15, 0.2) is 56.7 Å². The van der Waals surface area contributed by atoms with Crippen molar-refractivity contribution in [3.05, 3.63) is 78.8 Å². The molecule has 3 aromatic rings. The third-order valence-electron chi connectivity index (χ3n) is 4.69. The first-order valence-corrected chi connectivity index (χ1v) is 9.78. The predicted octanol–water partition coefficient (Wildman–Crippen LogP) is 5.32. The van der Waals surface area contributed by atoms with Crippen molar-refractivity contribution in [3.8, 4) is 11.6 Å². The van der Waals surface area contributed by atoms with Crippen LogP contribution in [0.4, 0.5) is 5.69 Å². The maximum Gasteiger partial charge on any atom is 0.262 e. The minimum Gasteiger partial charge on any atom is -0.494 e. The zero-order valence-corrected chi connectivity index (χ0v) is 17.6. The van der Waals surface area contributed by atoms with Gasteiger partial charge >= 0.3 is 0 Å². The third kappa shape index (κ3) is 3.06. The number of allylic oxidation sites excluding steroid dienone is 1. The van der Waals surface area contributed by atoms with Crippen LogP contribution in [0.1, 0.15) is 23.6 Å². The molecule has 0 saturated heterocycles. The maximum atomic E-state index is 12.6. The highest BCUT2D eigenvalue weighted by atomic mass is 79.9. The largest absolute Gasteiger partial charge is 0.494 e. The number of aromatic amines is 1. The van der Waals surface area contributed by atoms with Crippen LogP contribution in [0.5, 0.6) is 5.88 Å². The molecule has 1 aliphatic heterocycles. The second-order valence-corrected chi connectivity index (χ2v) is 7.84. The van der Waals surface area contributed by atoms with Crippen molar-refractivity contribution in [2.24, 2.45) is 4.99 Å². The molecule has 140 valence electrons. The van der Waals surface area contributed by atoms with E-state index < -0.39 is 5.56 Å². The van der Waals surface area contributed by atoms with Crippen LogP contribution in [0.3, 0.4) is 0 Å². The van der Waals surface area contributed by atoms with Crippen LogP contribution >= 0.6 is 28.1 Å². The van der Waals surface area contributed by atoms with Gasteiger partial charge in [0.05, 0.1) is 11.4 Å². The molecule has 0 radical (unpaired) electrons. The van der Waals surface area contributed by atoms with E-state index in [0.29, 0.717) is 5.69 Å². The summed E-state index contributed by atoms with van der Waals surface area (Å²) < 4.78 is 2.52. The van der Waals surface area contributed by atoms with Crippen molar-refractivity contribution in [2.75, 3.05) is 0 Å². The van der Waals surface area contributed by atoms with Gasteiger partial charge in [0.1, 0.15) is 5.56 Å². The molecule has 28 heavy (non-hydrogen) atoms. The van der Waals surface area contributed by atoms with Gasteiger partial charge in [-0.05, 0) is 62.0 Å². The maximum absolute atomic E-state index is 12.6. The summed E-state index contributed by atoms with van der Waals surface area (Å²) in [5, 5.41) is 11.0. The third-order valence-corrected chi connectivity index (χ3v) is 5.47. The van der Waals surface area contributed by atoms with Crippen LogP contribution in [0.2, 0.25) is 0 Å². The fourth-order valence-corrected chi connectivity index (χ4v) is 3.93. The van der Waals surface area contributed by atoms with Crippen LogP contribution in [-0.2, 0) is 0 Å². The van der Waals surface area contributed by atoms with Gasteiger partial charge in [0.25, 0.3) is 5.56 Å². The number of H-pyrrole nitrogens is 1. The summed E-state index contributed by atoms with van der Waals surface area (Å²) in [6, 6.07) is 13.3. The van der Waals surface area contributed by atoms with Crippen molar-refractivity contribution in [1.82, 2.24) is 9.55 Å². The predicted molar refractivity (Wildman–Crippen MR) is 118 cm³/mol. The molecular formula is C21H16BrN3O2S. The van der Waals surface area contributed by atoms with Crippen molar-refractivity contribution in [2.45, 2.75) is 13.8 Å². The molecular weight excluding hydrogens is 438 g/mol. The summed E-state index contributed by atoms with van der Waals surface area (Å²) in [7, 11) is 0. The van der Waals surface area contributed by atoms with E-state index in [9.17, 15) is 9.90 Å². The summed E-state index contributed by atoms with van der Waals surface area (Å²) >= 11 is 8.78. The van der Waals surface area contributed by atoms with E-state index in [1.54, 1.807) is 6.08 Å². The number of halogens is 1. The van der Waals surface area contributed by atoms with Crippen molar-refractivity contribution < 1.29 is 5.11 Å². The second kappa shape index (κ2) is 7.00. The van der Waals surface area contributed by atoms with Crippen molar-refractivity contribution in [1.29, 1.82) is 0 Å². The SMILES string of the molecule is CC1=Nc2ccc(Br)cc2C1=Cc1c(O)n(-c2ccccc2C)c(=S)[nH]c1=O. The van der Waals surface area contributed by atoms with E-state index in [0.717, 1.165) is 32.6 Å². The topological polar surface area (TPSA) is 70.4 Å². The molecule has 1 aliphatic rings. The number of hydrogen-bond donors (Lipinski definition) is 2. The summed E-state index contributed by atoms with van der Waals surface area (Å²) in [6.07, 6.45) is 1.66. The van der Waals surface area contributed by atoms with Gasteiger partial charge in [-0.25, -0.2) is 0 Å². The van der Waals surface area contributed by atoms with Gasteiger partial charge in [-0.15, -0.1) is 0 Å². The van der Waals surface area contributed by atoms with Crippen LogP contribution in [0, 0.1) is 11.7 Å².